The fraction of sp³-hybridized carbons (Fsp3) is 0.417. The standard InChI is InChI=1S/C12H17NO2.V/c1-9(2)12(15)13(3)11-6-4-10(8-14)5-7-11;/h4-7,9,14H,8H2,1-3H3;. The van der Waals surface area contributed by atoms with Gasteiger partial charge in [-0.25, -0.2) is 0 Å². The van der Waals surface area contributed by atoms with Crippen LogP contribution in [0.3, 0.4) is 0 Å². The van der Waals surface area contributed by atoms with E-state index in [-0.39, 0.29) is 37.0 Å². The molecule has 0 aliphatic heterocycles. The fourth-order valence-electron chi connectivity index (χ4n) is 1.34. The molecule has 4 heteroatoms. The Labute approximate surface area is 108 Å². The molecule has 0 bridgehead atoms. The van der Waals surface area contributed by atoms with Gasteiger partial charge >= 0.3 is 0 Å². The normalized spacial score (nSPS) is 9.81. The van der Waals surface area contributed by atoms with E-state index in [1.807, 2.05) is 38.1 Å². The van der Waals surface area contributed by atoms with Crippen LogP contribution in [-0.2, 0) is 30.0 Å². The van der Waals surface area contributed by atoms with Gasteiger partial charge in [-0.15, -0.1) is 0 Å². The molecule has 0 saturated carbocycles. The van der Waals surface area contributed by atoms with Gasteiger partial charge in [0.15, 0.2) is 0 Å². The first-order valence-corrected chi connectivity index (χ1v) is 5.03. The largest absolute Gasteiger partial charge is 0.392 e. The van der Waals surface area contributed by atoms with Gasteiger partial charge in [0.1, 0.15) is 0 Å². The number of hydrogen-bond donors (Lipinski definition) is 1. The summed E-state index contributed by atoms with van der Waals surface area (Å²) in [5.74, 6) is 0.0827. The van der Waals surface area contributed by atoms with Crippen molar-refractivity contribution in [1.82, 2.24) is 0 Å². The third kappa shape index (κ3) is 3.67. The van der Waals surface area contributed by atoms with E-state index >= 15 is 0 Å². The van der Waals surface area contributed by atoms with Crippen LogP contribution in [0.2, 0.25) is 0 Å². The van der Waals surface area contributed by atoms with Crippen LogP contribution in [-0.4, -0.2) is 18.1 Å². The van der Waals surface area contributed by atoms with Crippen LogP contribution in [0.4, 0.5) is 5.69 Å². The summed E-state index contributed by atoms with van der Waals surface area (Å²) in [5, 5.41) is 8.88. The van der Waals surface area contributed by atoms with Crippen LogP contribution < -0.4 is 4.90 Å². The molecule has 16 heavy (non-hydrogen) atoms. The van der Waals surface area contributed by atoms with E-state index in [1.54, 1.807) is 11.9 Å². The fourth-order valence-corrected chi connectivity index (χ4v) is 1.34. The first-order valence-electron chi connectivity index (χ1n) is 5.03. The van der Waals surface area contributed by atoms with E-state index in [0.29, 0.717) is 0 Å². The number of aliphatic hydroxyl groups excluding tert-OH is 1. The number of amides is 1. The first kappa shape index (κ1) is 15.2. The Balaban J connectivity index is 0.00000225. The summed E-state index contributed by atoms with van der Waals surface area (Å²) in [6.07, 6.45) is 0. The summed E-state index contributed by atoms with van der Waals surface area (Å²) < 4.78 is 0. The predicted octanol–water partition coefficient (Wildman–Crippen LogP) is 1.80. The molecular formula is C12H17NO2V. The molecule has 0 heterocycles. The van der Waals surface area contributed by atoms with Gasteiger partial charge in [-0.1, -0.05) is 26.0 Å². The van der Waals surface area contributed by atoms with E-state index in [2.05, 4.69) is 0 Å². The summed E-state index contributed by atoms with van der Waals surface area (Å²) >= 11 is 0. The van der Waals surface area contributed by atoms with Crippen molar-refractivity contribution in [3.8, 4) is 0 Å². The number of rotatable bonds is 3. The maximum absolute atomic E-state index is 11.7. The number of carbonyl (C=O) groups excluding carboxylic acids is 1. The minimum atomic E-state index is -0.00693. The van der Waals surface area contributed by atoms with Crippen LogP contribution in [0.5, 0.6) is 0 Å². The van der Waals surface area contributed by atoms with E-state index in [0.717, 1.165) is 11.3 Å². The molecule has 1 aromatic rings. The van der Waals surface area contributed by atoms with E-state index in [1.165, 1.54) is 0 Å². The summed E-state index contributed by atoms with van der Waals surface area (Å²) in [7, 11) is 1.76. The molecule has 0 fully saturated rings. The van der Waals surface area contributed by atoms with Crippen molar-refractivity contribution in [2.45, 2.75) is 20.5 Å². The Morgan fingerprint density at radius 1 is 1.31 bits per heavy atom. The number of aliphatic hydroxyl groups is 1. The Hall–Kier alpha value is -0.766. The molecule has 0 aliphatic carbocycles. The minimum absolute atomic E-state index is 0. The van der Waals surface area contributed by atoms with Crippen LogP contribution >= 0.6 is 0 Å². The second-order valence-corrected chi connectivity index (χ2v) is 3.88. The third-order valence-electron chi connectivity index (χ3n) is 2.33. The molecule has 1 rings (SSSR count). The van der Waals surface area contributed by atoms with Crippen LogP contribution in [0.15, 0.2) is 24.3 Å². The number of benzene rings is 1. The zero-order valence-corrected chi connectivity index (χ0v) is 11.2. The Bertz CT molecular complexity index is 335. The minimum Gasteiger partial charge on any atom is -0.392 e. The third-order valence-corrected chi connectivity index (χ3v) is 2.33. The van der Waals surface area contributed by atoms with Crippen molar-refractivity contribution < 1.29 is 28.5 Å². The second kappa shape index (κ2) is 6.74. The zero-order chi connectivity index (χ0) is 11.4. The van der Waals surface area contributed by atoms with Crippen LogP contribution in [0.25, 0.3) is 0 Å². The van der Waals surface area contributed by atoms with Crippen molar-refractivity contribution in [3.63, 3.8) is 0 Å². The van der Waals surface area contributed by atoms with Gasteiger partial charge in [0.2, 0.25) is 5.91 Å². The Kier molecular flexibility index (Phi) is 6.42. The molecule has 0 saturated heterocycles. The smallest absolute Gasteiger partial charge is 0.229 e. The molecule has 1 amide bonds. The Morgan fingerprint density at radius 3 is 2.19 bits per heavy atom. The number of anilines is 1. The Morgan fingerprint density at radius 2 is 1.81 bits per heavy atom. The van der Waals surface area contributed by atoms with Gasteiger partial charge in [-0.2, -0.15) is 0 Å². The number of hydrogen-bond acceptors (Lipinski definition) is 2. The molecule has 0 unspecified atom stereocenters. The van der Waals surface area contributed by atoms with Crippen molar-refractivity contribution >= 4 is 11.6 Å². The summed E-state index contributed by atoms with van der Waals surface area (Å²) in [4.78, 5) is 13.3. The first-order chi connectivity index (χ1) is 7.06. The SMILES string of the molecule is CC(C)C(=O)N(C)c1ccc(CO)cc1.[V]. The maximum atomic E-state index is 11.7. The van der Waals surface area contributed by atoms with Gasteiger partial charge in [-0.3, -0.25) is 4.79 Å². The van der Waals surface area contributed by atoms with Crippen LogP contribution in [0.1, 0.15) is 19.4 Å². The average molecular weight is 258 g/mol. The summed E-state index contributed by atoms with van der Waals surface area (Å²) in [6, 6.07) is 7.32. The van der Waals surface area contributed by atoms with Crippen molar-refractivity contribution in [2.24, 2.45) is 5.92 Å². The number of nitrogens with zero attached hydrogens (tertiary/aromatic N) is 1. The topological polar surface area (TPSA) is 40.5 Å². The van der Waals surface area contributed by atoms with Gasteiger partial charge in [0, 0.05) is 37.2 Å². The summed E-state index contributed by atoms with van der Waals surface area (Å²) in [6.45, 7) is 3.78. The van der Waals surface area contributed by atoms with Gasteiger partial charge in [-0.05, 0) is 17.7 Å². The molecule has 0 spiro atoms. The van der Waals surface area contributed by atoms with E-state index in [4.69, 9.17) is 5.11 Å². The van der Waals surface area contributed by atoms with Crippen LogP contribution in [0, 0.1) is 5.92 Å². The van der Waals surface area contributed by atoms with Gasteiger partial charge in [0.05, 0.1) is 6.61 Å². The molecular weight excluding hydrogens is 241 g/mol. The van der Waals surface area contributed by atoms with Gasteiger partial charge < -0.3 is 10.0 Å². The maximum Gasteiger partial charge on any atom is 0.229 e. The number of carbonyl (C=O) groups is 1. The molecule has 0 aliphatic rings. The molecule has 1 aromatic carbocycles. The monoisotopic (exact) mass is 258 g/mol. The average Bonchev–Trinajstić information content (AvgIpc) is 2.27. The van der Waals surface area contributed by atoms with Crippen molar-refractivity contribution in [1.29, 1.82) is 0 Å². The molecule has 3 nitrogen and oxygen atoms in total. The molecule has 0 aromatic heterocycles. The van der Waals surface area contributed by atoms with Gasteiger partial charge in [0.25, 0.3) is 0 Å². The molecule has 0 atom stereocenters. The van der Waals surface area contributed by atoms with E-state index in [9.17, 15) is 4.79 Å². The van der Waals surface area contributed by atoms with Crippen molar-refractivity contribution in [2.75, 3.05) is 11.9 Å². The second-order valence-electron chi connectivity index (χ2n) is 3.88. The van der Waals surface area contributed by atoms with Crippen molar-refractivity contribution in [3.05, 3.63) is 29.8 Å². The zero-order valence-electron chi connectivity index (χ0n) is 9.84. The molecule has 1 radical (unpaired) electrons. The summed E-state index contributed by atoms with van der Waals surface area (Å²) in [5.41, 5.74) is 1.70. The molecule has 1 N–H and O–H groups in total. The van der Waals surface area contributed by atoms with E-state index < -0.39 is 0 Å². The molecule has 87 valence electrons. The predicted molar refractivity (Wildman–Crippen MR) is 60.6 cm³/mol. The quantitative estimate of drug-likeness (QED) is 0.898.